The van der Waals surface area contributed by atoms with Gasteiger partial charge in [0.15, 0.2) is 0 Å². The van der Waals surface area contributed by atoms with Gasteiger partial charge in [-0.15, -0.1) is 11.3 Å². The van der Waals surface area contributed by atoms with Crippen molar-refractivity contribution in [3.8, 4) is 0 Å². The number of para-hydroxylation sites is 1. The fourth-order valence-corrected chi connectivity index (χ4v) is 14.0. The predicted octanol–water partition coefficient (Wildman–Crippen LogP) is 31.6. The molecule has 0 amide bonds. The van der Waals surface area contributed by atoms with Gasteiger partial charge >= 0.3 is 0 Å². The second-order valence-electron chi connectivity index (χ2n) is 46.7. The van der Waals surface area contributed by atoms with Crippen LogP contribution in [0.1, 0.15) is 311 Å². The van der Waals surface area contributed by atoms with Crippen LogP contribution in [-0.4, -0.2) is 59.0 Å². The number of imidazole rings is 3. The zero-order valence-electron chi connectivity index (χ0n) is 88.9. The Hall–Kier alpha value is -11.8. The molecule has 135 heavy (non-hydrogen) atoms. The van der Waals surface area contributed by atoms with E-state index in [4.69, 9.17) is 4.52 Å². The summed E-state index contributed by atoms with van der Waals surface area (Å²) in [4.78, 5) is 41.8. The van der Waals surface area contributed by atoms with Gasteiger partial charge in [0.2, 0.25) is 5.78 Å². The van der Waals surface area contributed by atoms with Crippen LogP contribution in [0.2, 0.25) is 0 Å². The summed E-state index contributed by atoms with van der Waals surface area (Å²) < 4.78 is 12.4. The third kappa shape index (κ3) is 38.2. The number of fused-ring (bicyclic) bond motifs is 5. The highest BCUT2D eigenvalue weighted by Crippen LogP contribution is 2.35. The van der Waals surface area contributed by atoms with Gasteiger partial charge in [0.25, 0.3) is 5.56 Å². The first kappa shape index (κ1) is 112. The van der Waals surface area contributed by atoms with E-state index >= 15 is 0 Å². The lowest BCUT2D eigenvalue weighted by Crippen LogP contribution is -2.32. The maximum Gasteiger partial charge on any atom is 0.269 e. The third-order valence-corrected chi connectivity index (χ3v) is 23.6. The molecule has 0 saturated heterocycles. The Labute approximate surface area is 816 Å². The molecular formula is C119H163N13O2S. The number of dihydropyridines is 1. The van der Waals surface area contributed by atoms with Crippen LogP contribution in [0.4, 0.5) is 5.69 Å². The van der Waals surface area contributed by atoms with Crippen LogP contribution in [0.5, 0.6) is 0 Å². The van der Waals surface area contributed by atoms with Crippen molar-refractivity contribution in [1.82, 2.24) is 58.1 Å². The summed E-state index contributed by atoms with van der Waals surface area (Å²) in [6, 6.07) is 50.8. The first-order chi connectivity index (χ1) is 62.4. The molecule has 12 heterocycles. The highest BCUT2D eigenvalue weighted by Gasteiger charge is 2.24. The molecule has 4 aromatic carbocycles. The van der Waals surface area contributed by atoms with Crippen LogP contribution in [0.25, 0.3) is 28.0 Å². The molecule has 0 saturated carbocycles. The normalized spacial score (nSPS) is 13.1. The summed E-state index contributed by atoms with van der Waals surface area (Å²) in [5, 5.41) is 10.1. The molecule has 0 unspecified atom stereocenters. The van der Waals surface area contributed by atoms with Crippen LogP contribution in [0.3, 0.4) is 0 Å². The molecular weight excluding hydrogens is 1680 g/mol. The minimum atomic E-state index is -0.153. The second-order valence-corrected chi connectivity index (χ2v) is 47.6. The number of rotatable bonds is 0. The van der Waals surface area contributed by atoms with Gasteiger partial charge in [-0.2, -0.15) is 0 Å². The molecule has 0 spiro atoms. The van der Waals surface area contributed by atoms with Crippen LogP contribution < -0.4 is 10.9 Å². The Morgan fingerprint density at radius 2 is 0.911 bits per heavy atom. The molecule has 1 N–H and O–H groups in total. The van der Waals surface area contributed by atoms with Crippen molar-refractivity contribution in [2.45, 2.75) is 316 Å². The van der Waals surface area contributed by atoms with E-state index in [1.807, 2.05) is 104 Å². The highest BCUT2D eigenvalue weighted by molar-refractivity contribution is 7.10. The van der Waals surface area contributed by atoms with Crippen LogP contribution >= 0.6 is 11.3 Å². The van der Waals surface area contributed by atoms with Crippen LogP contribution in [0, 0.1) is 10.8 Å². The Morgan fingerprint density at radius 3 is 1.31 bits per heavy atom. The molecule has 0 radical (unpaired) electrons. The number of pyridine rings is 3. The van der Waals surface area contributed by atoms with Crippen LogP contribution in [-0.2, 0) is 60.7 Å². The van der Waals surface area contributed by atoms with Gasteiger partial charge in [0.05, 0.1) is 23.6 Å². The number of nitrogens with zero attached hydrogens (tertiary/aromatic N) is 12. The fraction of sp³-hybridized carbons (Fsp3) is 0.420. The topological polar surface area (TPSA) is 163 Å². The number of thiophene rings is 1. The van der Waals surface area contributed by atoms with Crippen molar-refractivity contribution in [3.05, 3.63) is 375 Å². The third-order valence-electron chi connectivity index (χ3n) is 22.3. The van der Waals surface area contributed by atoms with Gasteiger partial charge in [-0.3, -0.25) is 24.2 Å². The van der Waals surface area contributed by atoms with Gasteiger partial charge in [-0.25, -0.2) is 19.9 Å². The average molecular weight is 1840 g/mol. The number of benzene rings is 4. The highest BCUT2D eigenvalue weighted by atomic mass is 32.1. The standard InChI is InChI=1S/C13H15N.C12H15N.2C11H14N2.C10H13N3.C10H15N.2C10H14.C9H14.C8H12N2O.C8H12S.C7H11NO/c1-13(2,3)11-8-9-14-12-7-5-4-6-10(11)12;1-12(2,3)10-5-4-9-6-7-13-11(9)8-10;2*1-11(2,3)9-4-5-10-12-6-7-13(10)8-9;1-10(2,3)8-6-12-9-11-4-5-13(9)7-8;1-8-5-6-9(7-11-8)10(2,3)4;2*1-10(2,3)9-7-5-4-6-8-9;1-9(2,3)8-6-4-5-7-8;1-8(2,3)10-5-4-9-6-7(10)11;1-8(2,3)7-5-4-6-9-7;1-7(2,3)6-4-8-9-5-6/h4-9H,1-3H3;4-5,7-8H,6H2,1-3H3;2*4-8H,1-3H3;4-7H,1-3H3;5-7,11H,1H2,2-4H3;2*4-8H,1-3H3;4-6H,7H2,1-3H3;4-6H,1-3H3;4-6H,1-3H3;4-5H,1-3H3. The SMILES string of the molecule is C=C1C=CC(C(C)(C)C)=CN1.CC(C)(C)C1=CC=CC1.CC(C)(C)c1ccc2c(c1)N=CC2.CC(C)(C)c1ccc2nccn2c1.CC(C)(C)c1ccc2nccn2c1.CC(C)(C)c1ccccc1.CC(C)(C)c1ccccc1.CC(C)(C)c1cccs1.CC(C)(C)c1ccnc2ccccc12.CC(C)(C)c1cnc2nccn2c1.CC(C)(C)c1cnoc1.CC(C)(C)n1ccncc1=O. The van der Waals surface area contributed by atoms with E-state index in [-0.39, 0.29) is 49.0 Å². The van der Waals surface area contributed by atoms with Gasteiger partial charge in [0, 0.05) is 126 Å². The maximum absolute atomic E-state index is 11.2. The summed E-state index contributed by atoms with van der Waals surface area (Å²) in [7, 11) is 0. The number of aromatic nitrogens is 11. The van der Waals surface area contributed by atoms with Crippen molar-refractivity contribution in [2.75, 3.05) is 0 Å². The Balaban J connectivity index is 0.000000227. The monoisotopic (exact) mass is 1840 g/mol. The molecule has 10 aromatic heterocycles. The lowest BCUT2D eigenvalue weighted by molar-refractivity contribution is 0.382. The molecule has 17 rings (SSSR count). The first-order valence-electron chi connectivity index (χ1n) is 47.4. The van der Waals surface area contributed by atoms with Gasteiger partial charge in [0.1, 0.15) is 17.6 Å². The smallest absolute Gasteiger partial charge is 0.269 e. The second kappa shape index (κ2) is 48.1. The molecule has 722 valence electrons. The number of allylic oxidation sites excluding steroid dienone is 7. The molecule has 15 nitrogen and oxygen atoms in total. The summed E-state index contributed by atoms with van der Waals surface area (Å²) in [5.74, 6) is 0.757. The summed E-state index contributed by atoms with van der Waals surface area (Å²) >= 11 is 1.83. The number of hydrogen-bond acceptors (Lipinski definition) is 12. The van der Waals surface area contributed by atoms with E-state index in [2.05, 4.69) is 477 Å². The van der Waals surface area contributed by atoms with Crippen molar-refractivity contribution in [3.63, 3.8) is 0 Å². The summed E-state index contributed by atoms with van der Waals surface area (Å²) in [6.07, 6.45) is 46.3. The Kier molecular flexibility index (Phi) is 39.9. The zero-order valence-corrected chi connectivity index (χ0v) is 89.7. The fourth-order valence-electron chi connectivity index (χ4n) is 13.2. The van der Waals surface area contributed by atoms with E-state index in [0.29, 0.717) is 21.7 Å². The maximum atomic E-state index is 11.2. The molecule has 0 atom stereocenters. The van der Waals surface area contributed by atoms with E-state index in [9.17, 15) is 4.79 Å². The van der Waals surface area contributed by atoms with Crippen molar-refractivity contribution < 1.29 is 4.52 Å². The number of aliphatic imine (C=N–C) groups is 1. The van der Waals surface area contributed by atoms with Gasteiger partial charge in [-0.1, -0.05) is 379 Å². The average Bonchev–Trinajstić information content (AvgIpc) is 1.79. The van der Waals surface area contributed by atoms with E-state index in [0.717, 1.165) is 52.4 Å². The number of nitrogens with one attached hydrogen (secondary N) is 1. The van der Waals surface area contributed by atoms with E-state index < -0.39 is 0 Å². The largest absolute Gasteiger partial charge is 0.364 e. The van der Waals surface area contributed by atoms with Crippen molar-refractivity contribution >= 4 is 51.2 Å². The quantitative estimate of drug-likeness (QED) is 0.155. The van der Waals surface area contributed by atoms with Crippen molar-refractivity contribution in [1.29, 1.82) is 0 Å². The first-order valence-corrected chi connectivity index (χ1v) is 48.2. The Bertz CT molecular complexity index is 5860. The predicted molar refractivity (Wildman–Crippen MR) is 579 cm³/mol. The summed E-state index contributed by atoms with van der Waals surface area (Å²) in [5.41, 5.74) is 22.4. The Morgan fingerprint density at radius 1 is 0.407 bits per heavy atom. The minimum absolute atomic E-state index is 0.0556. The van der Waals surface area contributed by atoms with E-state index in [1.165, 1.54) is 66.5 Å². The minimum Gasteiger partial charge on any atom is -0.364 e. The lowest BCUT2D eigenvalue weighted by atomic mass is 9.85. The number of hydrogen-bond donors (Lipinski definition) is 1. The molecule has 0 fully saturated rings. The van der Waals surface area contributed by atoms with Gasteiger partial charge in [-0.05, 0) is 185 Å². The molecule has 0 bridgehead atoms. The van der Waals surface area contributed by atoms with Crippen LogP contribution in [0.15, 0.2) is 325 Å². The molecule has 2 aliphatic heterocycles. The lowest BCUT2D eigenvalue weighted by Gasteiger charge is -2.22. The molecule has 16 heteroatoms. The summed E-state index contributed by atoms with van der Waals surface area (Å²) in [6.45, 7) is 82.7. The zero-order chi connectivity index (χ0) is 101. The van der Waals surface area contributed by atoms with Crippen molar-refractivity contribution in [2.24, 2.45) is 15.8 Å². The van der Waals surface area contributed by atoms with E-state index in [1.54, 1.807) is 41.2 Å². The molecule has 3 aliphatic rings. The van der Waals surface area contributed by atoms with Gasteiger partial charge < -0.3 is 23.2 Å². The molecule has 14 aromatic rings. The molecule has 1 aliphatic carbocycles.